The molecule has 5 nitrogen and oxygen atoms in total. The van der Waals surface area contributed by atoms with E-state index in [0.717, 1.165) is 12.0 Å². The van der Waals surface area contributed by atoms with Gasteiger partial charge in [0.1, 0.15) is 5.75 Å². The number of hydrogen-bond acceptors (Lipinski definition) is 5. The number of hydrogen-bond donors (Lipinski definition) is 1. The van der Waals surface area contributed by atoms with Crippen LogP contribution in [0.5, 0.6) is 23.0 Å². The van der Waals surface area contributed by atoms with E-state index < -0.39 is 0 Å². The van der Waals surface area contributed by atoms with Crippen molar-refractivity contribution in [3.05, 3.63) is 11.6 Å². The van der Waals surface area contributed by atoms with E-state index in [2.05, 4.69) is 0 Å². The third-order valence-corrected chi connectivity index (χ3v) is 2.89. The van der Waals surface area contributed by atoms with Crippen LogP contribution in [0.4, 0.5) is 0 Å². The first-order valence-corrected chi connectivity index (χ1v) is 5.44. The Labute approximate surface area is 100 Å². The van der Waals surface area contributed by atoms with Gasteiger partial charge in [0.2, 0.25) is 5.75 Å². The number of methoxy groups -OCH3 is 3. The molecular formula is C12H17NO4. The van der Waals surface area contributed by atoms with Gasteiger partial charge in [0.15, 0.2) is 11.5 Å². The lowest BCUT2D eigenvalue weighted by Crippen LogP contribution is -2.21. The fourth-order valence-electron chi connectivity index (χ4n) is 2.07. The van der Waals surface area contributed by atoms with E-state index in [0.29, 0.717) is 29.6 Å². The Morgan fingerprint density at radius 1 is 1.18 bits per heavy atom. The summed E-state index contributed by atoms with van der Waals surface area (Å²) < 4.78 is 21.5. The molecule has 0 aliphatic carbocycles. The van der Waals surface area contributed by atoms with E-state index >= 15 is 0 Å². The number of rotatable bonds is 3. The summed E-state index contributed by atoms with van der Waals surface area (Å²) in [5.74, 6) is 2.43. The molecule has 0 saturated heterocycles. The van der Waals surface area contributed by atoms with Crippen LogP contribution in [0, 0.1) is 0 Å². The van der Waals surface area contributed by atoms with Gasteiger partial charge in [-0.25, -0.2) is 0 Å². The maximum absolute atomic E-state index is 6.08. The molecule has 2 rings (SSSR count). The predicted molar refractivity (Wildman–Crippen MR) is 63.1 cm³/mol. The summed E-state index contributed by atoms with van der Waals surface area (Å²) >= 11 is 0. The summed E-state index contributed by atoms with van der Waals surface area (Å²) in [6.07, 6.45) is 0.763. The largest absolute Gasteiger partial charge is 0.493 e. The molecule has 1 aromatic rings. The summed E-state index contributed by atoms with van der Waals surface area (Å²) in [5, 5.41) is 0. The zero-order chi connectivity index (χ0) is 12.4. The van der Waals surface area contributed by atoms with Crippen LogP contribution in [-0.2, 0) is 0 Å². The van der Waals surface area contributed by atoms with Gasteiger partial charge in [-0.1, -0.05) is 0 Å². The minimum absolute atomic E-state index is 0.103. The van der Waals surface area contributed by atoms with Gasteiger partial charge < -0.3 is 24.7 Å². The molecule has 94 valence electrons. The van der Waals surface area contributed by atoms with E-state index in [9.17, 15) is 0 Å². The van der Waals surface area contributed by atoms with Crippen molar-refractivity contribution >= 4 is 0 Å². The molecule has 1 atom stereocenters. The Bertz CT molecular complexity index is 419. The fourth-order valence-corrected chi connectivity index (χ4v) is 2.07. The van der Waals surface area contributed by atoms with E-state index in [1.54, 1.807) is 27.4 Å². The second kappa shape index (κ2) is 4.71. The predicted octanol–water partition coefficient (Wildman–Crippen LogP) is 1.49. The molecule has 0 aromatic heterocycles. The molecule has 1 aliphatic rings. The number of fused-ring (bicyclic) bond motifs is 1. The van der Waals surface area contributed by atoms with Gasteiger partial charge in [-0.15, -0.1) is 0 Å². The molecule has 17 heavy (non-hydrogen) atoms. The highest BCUT2D eigenvalue weighted by molar-refractivity contribution is 5.63. The average Bonchev–Trinajstić information content (AvgIpc) is 2.36. The van der Waals surface area contributed by atoms with Crippen LogP contribution in [-0.4, -0.2) is 27.9 Å². The monoisotopic (exact) mass is 239 g/mol. The SMILES string of the molecule is COc1cc2c(c(OC)c1OC)C(N)CCO2. The molecule has 0 spiro atoms. The third-order valence-electron chi connectivity index (χ3n) is 2.89. The smallest absolute Gasteiger partial charge is 0.203 e. The highest BCUT2D eigenvalue weighted by Gasteiger charge is 2.28. The molecule has 0 radical (unpaired) electrons. The Hall–Kier alpha value is -1.62. The van der Waals surface area contributed by atoms with E-state index in [1.165, 1.54) is 0 Å². The van der Waals surface area contributed by atoms with Crippen LogP contribution in [0.1, 0.15) is 18.0 Å². The summed E-state index contributed by atoms with van der Waals surface area (Å²) in [6, 6.07) is 1.68. The molecule has 5 heteroatoms. The number of benzene rings is 1. The highest BCUT2D eigenvalue weighted by atomic mass is 16.5. The molecule has 0 amide bonds. The zero-order valence-electron chi connectivity index (χ0n) is 10.3. The Morgan fingerprint density at radius 3 is 2.47 bits per heavy atom. The maximum Gasteiger partial charge on any atom is 0.203 e. The van der Waals surface area contributed by atoms with Gasteiger partial charge in [-0.3, -0.25) is 0 Å². The van der Waals surface area contributed by atoms with Crippen molar-refractivity contribution in [1.82, 2.24) is 0 Å². The molecular weight excluding hydrogens is 222 g/mol. The Balaban J connectivity index is 2.65. The summed E-state index contributed by atoms with van der Waals surface area (Å²) in [4.78, 5) is 0. The van der Waals surface area contributed by atoms with Crippen LogP contribution >= 0.6 is 0 Å². The standard InChI is InChI=1S/C12H17NO4/c1-14-9-6-8-10(7(13)4-5-17-8)12(16-3)11(9)15-2/h6-7H,4-5,13H2,1-3H3. The lowest BCUT2D eigenvalue weighted by molar-refractivity contribution is 0.253. The first-order valence-electron chi connectivity index (χ1n) is 5.44. The first-order chi connectivity index (χ1) is 8.22. The van der Waals surface area contributed by atoms with Gasteiger partial charge in [0, 0.05) is 18.5 Å². The summed E-state index contributed by atoms with van der Waals surface area (Å²) in [5.41, 5.74) is 6.93. The van der Waals surface area contributed by atoms with Crippen LogP contribution in [0.3, 0.4) is 0 Å². The van der Waals surface area contributed by atoms with Crippen molar-refractivity contribution in [1.29, 1.82) is 0 Å². The third kappa shape index (κ3) is 1.86. The molecule has 1 heterocycles. The Morgan fingerprint density at radius 2 is 1.88 bits per heavy atom. The average molecular weight is 239 g/mol. The lowest BCUT2D eigenvalue weighted by Gasteiger charge is -2.26. The summed E-state index contributed by atoms with van der Waals surface area (Å²) in [6.45, 7) is 0.604. The number of ether oxygens (including phenoxy) is 4. The molecule has 0 fully saturated rings. The zero-order valence-corrected chi connectivity index (χ0v) is 10.3. The van der Waals surface area contributed by atoms with E-state index in [1.807, 2.05) is 0 Å². The van der Waals surface area contributed by atoms with E-state index in [4.69, 9.17) is 24.7 Å². The second-order valence-corrected chi connectivity index (χ2v) is 3.80. The minimum Gasteiger partial charge on any atom is -0.493 e. The van der Waals surface area contributed by atoms with Crippen molar-refractivity contribution in [3.8, 4) is 23.0 Å². The molecule has 1 unspecified atom stereocenters. The van der Waals surface area contributed by atoms with Crippen LogP contribution < -0.4 is 24.7 Å². The maximum atomic E-state index is 6.08. The van der Waals surface area contributed by atoms with Crippen molar-refractivity contribution in [2.45, 2.75) is 12.5 Å². The Kier molecular flexibility index (Phi) is 3.28. The van der Waals surface area contributed by atoms with Crippen molar-refractivity contribution in [2.75, 3.05) is 27.9 Å². The second-order valence-electron chi connectivity index (χ2n) is 3.80. The lowest BCUT2D eigenvalue weighted by atomic mass is 9.99. The first kappa shape index (κ1) is 11.9. The van der Waals surface area contributed by atoms with Crippen LogP contribution in [0.25, 0.3) is 0 Å². The topological polar surface area (TPSA) is 62.9 Å². The van der Waals surface area contributed by atoms with Gasteiger partial charge in [-0.2, -0.15) is 0 Å². The highest BCUT2D eigenvalue weighted by Crippen LogP contribution is 2.48. The minimum atomic E-state index is -0.103. The number of nitrogens with two attached hydrogens (primary N) is 1. The van der Waals surface area contributed by atoms with Gasteiger partial charge >= 0.3 is 0 Å². The summed E-state index contributed by atoms with van der Waals surface area (Å²) in [7, 11) is 4.73. The van der Waals surface area contributed by atoms with Crippen LogP contribution in [0.2, 0.25) is 0 Å². The molecule has 0 bridgehead atoms. The fraction of sp³-hybridized carbons (Fsp3) is 0.500. The quantitative estimate of drug-likeness (QED) is 0.866. The van der Waals surface area contributed by atoms with E-state index in [-0.39, 0.29) is 6.04 Å². The van der Waals surface area contributed by atoms with Gasteiger partial charge in [0.25, 0.3) is 0 Å². The van der Waals surface area contributed by atoms with Crippen molar-refractivity contribution < 1.29 is 18.9 Å². The van der Waals surface area contributed by atoms with Gasteiger partial charge in [-0.05, 0) is 0 Å². The normalized spacial score (nSPS) is 18.0. The molecule has 0 saturated carbocycles. The van der Waals surface area contributed by atoms with Crippen molar-refractivity contribution in [2.24, 2.45) is 5.73 Å². The van der Waals surface area contributed by atoms with Crippen molar-refractivity contribution in [3.63, 3.8) is 0 Å². The molecule has 1 aromatic carbocycles. The van der Waals surface area contributed by atoms with Gasteiger partial charge in [0.05, 0.1) is 33.5 Å². The molecule has 1 aliphatic heterocycles. The van der Waals surface area contributed by atoms with Crippen LogP contribution in [0.15, 0.2) is 6.07 Å². The molecule has 2 N–H and O–H groups in total.